The van der Waals surface area contributed by atoms with Crippen LogP contribution in [0.25, 0.3) is 11.1 Å². The molecule has 0 bridgehead atoms. The molecular weight excluding hydrogens is 538 g/mol. The molecule has 1 N–H and O–H groups in total. The third-order valence-corrected chi connectivity index (χ3v) is 9.41. The Kier molecular flexibility index (Phi) is 9.83. The minimum Gasteiger partial charge on any atom is -0.496 e. The van der Waals surface area contributed by atoms with Crippen molar-refractivity contribution >= 4 is 17.6 Å². The minimum absolute atomic E-state index is 0.00129. The number of hydrogen-bond donors (Lipinski definition) is 1. The van der Waals surface area contributed by atoms with Crippen molar-refractivity contribution in [2.24, 2.45) is 11.8 Å². The molecule has 3 aromatic rings. The average Bonchev–Trinajstić information content (AvgIpc) is 3.51. The van der Waals surface area contributed by atoms with Crippen LogP contribution in [0.4, 0.5) is 5.82 Å². The van der Waals surface area contributed by atoms with E-state index in [0.29, 0.717) is 18.4 Å². The van der Waals surface area contributed by atoms with Gasteiger partial charge in [0.1, 0.15) is 11.6 Å². The van der Waals surface area contributed by atoms with Crippen molar-refractivity contribution in [1.82, 2.24) is 20.1 Å². The van der Waals surface area contributed by atoms with Gasteiger partial charge in [0.05, 0.1) is 13.3 Å². The van der Waals surface area contributed by atoms with E-state index in [4.69, 9.17) is 9.72 Å². The van der Waals surface area contributed by atoms with E-state index in [1.54, 1.807) is 14.0 Å². The molecule has 0 spiro atoms. The van der Waals surface area contributed by atoms with Gasteiger partial charge in [0.2, 0.25) is 11.8 Å². The van der Waals surface area contributed by atoms with Crippen molar-refractivity contribution in [1.29, 1.82) is 0 Å². The standard InChI is InChI=1S/C35H47N5O3/c1-23(2)40-22-31(20-37-40)30-16-17-36-34(19-30)39(35(42)28-10-13-32(14-11-28)38-25(4)41)21-26-6-8-27(9-7-26)29-12-15-33(43-5)24(3)18-29/h12,15-20,22-23,26-28,32H,6-11,13-14,21H2,1-5H3,(H,38,41). The molecule has 2 aliphatic rings. The molecule has 2 amide bonds. The van der Waals surface area contributed by atoms with Crippen LogP contribution in [0.3, 0.4) is 0 Å². The lowest BCUT2D eigenvalue weighted by atomic mass is 9.78. The van der Waals surface area contributed by atoms with Crippen LogP contribution in [-0.2, 0) is 9.59 Å². The summed E-state index contributed by atoms with van der Waals surface area (Å²) < 4.78 is 7.42. The lowest BCUT2D eigenvalue weighted by molar-refractivity contribution is -0.123. The Balaban J connectivity index is 1.33. The molecule has 0 aliphatic heterocycles. The number of pyridine rings is 1. The van der Waals surface area contributed by atoms with Gasteiger partial charge in [-0.2, -0.15) is 5.10 Å². The minimum atomic E-state index is -0.0576. The van der Waals surface area contributed by atoms with E-state index in [0.717, 1.165) is 74.1 Å². The second-order valence-electron chi connectivity index (χ2n) is 12.9. The van der Waals surface area contributed by atoms with Gasteiger partial charge in [-0.05, 0) is 119 Å². The van der Waals surface area contributed by atoms with E-state index in [1.807, 2.05) is 34.1 Å². The molecule has 0 unspecified atom stereocenters. The summed E-state index contributed by atoms with van der Waals surface area (Å²) in [7, 11) is 1.72. The van der Waals surface area contributed by atoms with Gasteiger partial charge < -0.3 is 10.1 Å². The Hall–Kier alpha value is -3.68. The van der Waals surface area contributed by atoms with E-state index in [1.165, 1.54) is 11.1 Å². The van der Waals surface area contributed by atoms with E-state index in [-0.39, 0.29) is 29.8 Å². The van der Waals surface area contributed by atoms with Crippen molar-refractivity contribution in [3.8, 4) is 16.9 Å². The third kappa shape index (κ3) is 7.46. The molecule has 1 aromatic carbocycles. The van der Waals surface area contributed by atoms with Crippen molar-refractivity contribution in [3.63, 3.8) is 0 Å². The Bertz CT molecular complexity index is 1400. The molecular formula is C35H47N5O3. The van der Waals surface area contributed by atoms with Gasteiger partial charge in [0.25, 0.3) is 0 Å². The summed E-state index contributed by atoms with van der Waals surface area (Å²) in [6.45, 7) is 8.57. The predicted octanol–water partition coefficient (Wildman–Crippen LogP) is 6.84. The number of nitrogens with one attached hydrogen (secondary N) is 1. The highest BCUT2D eigenvalue weighted by Gasteiger charge is 2.33. The number of methoxy groups -OCH3 is 1. The monoisotopic (exact) mass is 585 g/mol. The fraction of sp³-hybridized carbons (Fsp3) is 0.543. The zero-order valence-electron chi connectivity index (χ0n) is 26.4. The van der Waals surface area contributed by atoms with Crippen LogP contribution in [0.15, 0.2) is 48.9 Å². The van der Waals surface area contributed by atoms with Crippen molar-refractivity contribution in [3.05, 3.63) is 60.0 Å². The number of rotatable bonds is 9. The van der Waals surface area contributed by atoms with Crippen LogP contribution in [0.5, 0.6) is 5.75 Å². The molecule has 2 saturated carbocycles. The maximum absolute atomic E-state index is 14.2. The number of ether oxygens (including phenoxy) is 1. The second-order valence-corrected chi connectivity index (χ2v) is 12.9. The van der Waals surface area contributed by atoms with Gasteiger partial charge in [-0.15, -0.1) is 0 Å². The number of anilines is 1. The van der Waals surface area contributed by atoms with Crippen LogP contribution >= 0.6 is 0 Å². The fourth-order valence-electron chi connectivity index (χ4n) is 6.90. The SMILES string of the molecule is COc1ccc(C2CCC(CN(C(=O)C3CCC(NC(C)=O)CC3)c3cc(-c4cnn(C(C)C)c4)ccn3)CC2)cc1C. The zero-order chi connectivity index (χ0) is 30.5. The molecule has 2 fully saturated rings. The summed E-state index contributed by atoms with van der Waals surface area (Å²) in [6.07, 6.45) is 13.4. The Morgan fingerprint density at radius 2 is 1.77 bits per heavy atom. The summed E-state index contributed by atoms with van der Waals surface area (Å²) in [4.78, 5) is 32.5. The first-order valence-corrected chi connectivity index (χ1v) is 16.0. The molecule has 8 heteroatoms. The van der Waals surface area contributed by atoms with E-state index in [9.17, 15) is 9.59 Å². The van der Waals surface area contributed by atoms with Crippen LogP contribution in [0.2, 0.25) is 0 Å². The Morgan fingerprint density at radius 1 is 1.02 bits per heavy atom. The first-order chi connectivity index (χ1) is 20.7. The lowest BCUT2D eigenvalue weighted by Crippen LogP contribution is -2.44. The fourth-order valence-corrected chi connectivity index (χ4v) is 6.90. The maximum atomic E-state index is 14.2. The normalized spacial score (nSPS) is 22.3. The number of carbonyl (C=O) groups excluding carboxylic acids is 2. The van der Waals surface area contributed by atoms with Crippen molar-refractivity contribution in [2.75, 3.05) is 18.6 Å². The van der Waals surface area contributed by atoms with E-state index in [2.05, 4.69) is 55.6 Å². The van der Waals surface area contributed by atoms with Crippen molar-refractivity contribution < 1.29 is 14.3 Å². The summed E-state index contributed by atoms with van der Waals surface area (Å²) in [5.41, 5.74) is 4.60. The maximum Gasteiger partial charge on any atom is 0.231 e. The van der Waals surface area contributed by atoms with E-state index >= 15 is 0 Å². The highest BCUT2D eigenvalue weighted by atomic mass is 16.5. The lowest BCUT2D eigenvalue weighted by Gasteiger charge is -2.36. The van der Waals surface area contributed by atoms with Crippen molar-refractivity contribution in [2.45, 2.75) is 97.1 Å². The van der Waals surface area contributed by atoms with Gasteiger partial charge in [-0.3, -0.25) is 19.2 Å². The average molecular weight is 586 g/mol. The third-order valence-electron chi connectivity index (χ3n) is 9.41. The largest absolute Gasteiger partial charge is 0.496 e. The predicted molar refractivity (Wildman–Crippen MR) is 170 cm³/mol. The zero-order valence-corrected chi connectivity index (χ0v) is 26.4. The number of carbonyl (C=O) groups is 2. The Morgan fingerprint density at radius 3 is 2.40 bits per heavy atom. The Labute approximate surface area is 256 Å². The van der Waals surface area contributed by atoms with Gasteiger partial charge >= 0.3 is 0 Å². The molecule has 2 aromatic heterocycles. The van der Waals surface area contributed by atoms with Crippen LogP contribution < -0.4 is 15.0 Å². The number of aryl methyl sites for hydroxylation is 1. The van der Waals surface area contributed by atoms with Gasteiger partial charge in [0, 0.05) is 49.4 Å². The van der Waals surface area contributed by atoms with Gasteiger partial charge in [0.15, 0.2) is 0 Å². The molecule has 5 rings (SSSR count). The van der Waals surface area contributed by atoms with Gasteiger partial charge in [-0.25, -0.2) is 4.98 Å². The molecule has 2 aliphatic carbocycles. The number of hydrogen-bond acceptors (Lipinski definition) is 5. The highest BCUT2D eigenvalue weighted by molar-refractivity contribution is 5.94. The summed E-state index contributed by atoms with van der Waals surface area (Å²) in [5.74, 6) is 2.71. The number of amides is 2. The molecule has 0 radical (unpaired) electrons. The van der Waals surface area contributed by atoms with Crippen LogP contribution in [0.1, 0.15) is 95.2 Å². The molecule has 230 valence electrons. The number of aromatic nitrogens is 3. The van der Waals surface area contributed by atoms with Gasteiger partial charge in [-0.1, -0.05) is 12.1 Å². The van der Waals surface area contributed by atoms with Crippen LogP contribution in [-0.4, -0.2) is 46.3 Å². The summed E-state index contributed by atoms with van der Waals surface area (Å²) >= 11 is 0. The first-order valence-electron chi connectivity index (χ1n) is 16.0. The molecule has 43 heavy (non-hydrogen) atoms. The molecule has 8 nitrogen and oxygen atoms in total. The van der Waals surface area contributed by atoms with Crippen LogP contribution in [0, 0.1) is 18.8 Å². The molecule has 2 heterocycles. The summed E-state index contributed by atoms with van der Waals surface area (Å²) in [6, 6.07) is 11.0. The highest BCUT2D eigenvalue weighted by Crippen LogP contribution is 2.39. The smallest absolute Gasteiger partial charge is 0.231 e. The second kappa shape index (κ2) is 13.7. The molecule has 0 saturated heterocycles. The number of benzene rings is 1. The molecule has 0 atom stereocenters. The van der Waals surface area contributed by atoms with E-state index < -0.39 is 0 Å². The number of nitrogens with zero attached hydrogens (tertiary/aromatic N) is 4. The quantitative estimate of drug-likeness (QED) is 0.297. The first kappa shape index (κ1) is 30.8. The summed E-state index contributed by atoms with van der Waals surface area (Å²) in [5, 5.41) is 7.56. The topological polar surface area (TPSA) is 89.4 Å².